The van der Waals surface area contributed by atoms with Crippen molar-refractivity contribution >= 4 is 11.7 Å². The number of urea groups is 1. The Morgan fingerprint density at radius 3 is 2.62 bits per heavy atom. The molecule has 1 heterocycles. The lowest BCUT2D eigenvalue weighted by Gasteiger charge is -2.32. The van der Waals surface area contributed by atoms with Gasteiger partial charge in [0.05, 0.1) is 0 Å². The van der Waals surface area contributed by atoms with Crippen LogP contribution in [-0.2, 0) is 0 Å². The molecule has 0 saturated carbocycles. The summed E-state index contributed by atoms with van der Waals surface area (Å²) in [5.41, 5.74) is 3.20. The normalized spacial score (nSPS) is 16.7. The first-order valence-corrected chi connectivity index (χ1v) is 7.95. The number of aryl methyl sites for hydroxylation is 2. The number of anilines is 1. The number of benzene rings is 1. The smallest absolute Gasteiger partial charge is 0.319 e. The van der Waals surface area contributed by atoms with Crippen LogP contribution >= 0.6 is 0 Å². The molecule has 0 bridgehead atoms. The van der Waals surface area contributed by atoms with Gasteiger partial charge in [-0.15, -0.1) is 0 Å². The Balaban J connectivity index is 1.80. The number of rotatable bonds is 4. The van der Waals surface area contributed by atoms with Crippen LogP contribution in [0.4, 0.5) is 10.5 Å². The van der Waals surface area contributed by atoms with E-state index in [1.807, 2.05) is 19.1 Å². The highest BCUT2D eigenvalue weighted by Crippen LogP contribution is 2.16. The van der Waals surface area contributed by atoms with Gasteiger partial charge in [-0.1, -0.05) is 24.6 Å². The van der Waals surface area contributed by atoms with Gasteiger partial charge in [-0.25, -0.2) is 4.79 Å². The molecular weight excluding hydrogens is 262 g/mol. The van der Waals surface area contributed by atoms with E-state index in [1.54, 1.807) is 0 Å². The third kappa shape index (κ3) is 4.74. The van der Waals surface area contributed by atoms with E-state index in [-0.39, 0.29) is 6.03 Å². The summed E-state index contributed by atoms with van der Waals surface area (Å²) in [4.78, 5) is 14.6. The Labute approximate surface area is 127 Å². The highest BCUT2D eigenvalue weighted by Gasteiger charge is 2.20. The lowest BCUT2D eigenvalue weighted by atomic mass is 10.1. The van der Waals surface area contributed by atoms with Gasteiger partial charge in [0.25, 0.3) is 0 Å². The number of hydrogen-bond donors (Lipinski definition) is 2. The zero-order valence-electron chi connectivity index (χ0n) is 13.4. The molecule has 0 spiro atoms. The monoisotopic (exact) mass is 289 g/mol. The minimum atomic E-state index is -0.0871. The molecule has 1 aliphatic rings. The Morgan fingerprint density at radius 2 is 2.00 bits per heavy atom. The van der Waals surface area contributed by atoms with Crippen LogP contribution in [0.2, 0.25) is 0 Å². The molecule has 0 aromatic heterocycles. The summed E-state index contributed by atoms with van der Waals surface area (Å²) in [6.07, 6.45) is 3.28. The number of hydrogen-bond acceptors (Lipinski definition) is 2. The van der Waals surface area contributed by atoms with E-state index in [4.69, 9.17) is 0 Å². The van der Waals surface area contributed by atoms with Gasteiger partial charge in [-0.05, 0) is 51.3 Å². The van der Waals surface area contributed by atoms with E-state index >= 15 is 0 Å². The largest absolute Gasteiger partial charge is 0.335 e. The predicted octanol–water partition coefficient (Wildman–Crippen LogP) is 3.30. The number of amides is 2. The maximum atomic E-state index is 12.1. The third-order valence-electron chi connectivity index (χ3n) is 4.09. The van der Waals surface area contributed by atoms with Gasteiger partial charge >= 0.3 is 6.03 Å². The third-order valence-corrected chi connectivity index (χ3v) is 4.09. The lowest BCUT2D eigenvalue weighted by molar-refractivity contribution is 0.196. The van der Waals surface area contributed by atoms with E-state index in [1.165, 1.54) is 18.5 Å². The van der Waals surface area contributed by atoms with Crippen LogP contribution in [0.1, 0.15) is 37.3 Å². The molecule has 2 rings (SSSR count). The van der Waals surface area contributed by atoms with Gasteiger partial charge in [0.1, 0.15) is 0 Å². The van der Waals surface area contributed by atoms with Gasteiger partial charge in [0.2, 0.25) is 0 Å². The molecule has 0 radical (unpaired) electrons. The molecule has 1 aromatic carbocycles. The molecule has 4 nitrogen and oxygen atoms in total. The SMILES string of the molecule is CCCN1CCC(NC(=O)Nc2ccc(C)cc2C)CC1. The summed E-state index contributed by atoms with van der Waals surface area (Å²) < 4.78 is 0. The summed E-state index contributed by atoms with van der Waals surface area (Å²) in [7, 11) is 0. The van der Waals surface area contributed by atoms with Gasteiger partial charge in [0, 0.05) is 24.8 Å². The van der Waals surface area contributed by atoms with Crippen molar-refractivity contribution in [2.45, 2.75) is 46.1 Å². The van der Waals surface area contributed by atoms with Crippen LogP contribution < -0.4 is 10.6 Å². The summed E-state index contributed by atoms with van der Waals surface area (Å²) in [6.45, 7) is 9.63. The molecule has 1 fully saturated rings. The van der Waals surface area contributed by atoms with Gasteiger partial charge < -0.3 is 15.5 Å². The van der Waals surface area contributed by atoms with Crippen molar-refractivity contribution in [3.8, 4) is 0 Å². The molecule has 1 aromatic rings. The molecule has 0 atom stereocenters. The molecular formula is C17H27N3O. The highest BCUT2D eigenvalue weighted by molar-refractivity contribution is 5.90. The second-order valence-corrected chi connectivity index (χ2v) is 6.03. The number of likely N-dealkylation sites (tertiary alicyclic amines) is 1. The first-order valence-electron chi connectivity index (χ1n) is 7.95. The van der Waals surface area contributed by atoms with Gasteiger partial charge in [0.15, 0.2) is 0 Å². The summed E-state index contributed by atoms with van der Waals surface area (Å²) in [6, 6.07) is 6.28. The molecule has 1 saturated heterocycles. The number of piperidine rings is 1. The van der Waals surface area contributed by atoms with Crippen LogP contribution in [0.5, 0.6) is 0 Å². The fourth-order valence-electron chi connectivity index (χ4n) is 2.91. The maximum Gasteiger partial charge on any atom is 0.319 e. The average Bonchev–Trinajstić information content (AvgIpc) is 2.44. The minimum absolute atomic E-state index is 0.0871. The fourth-order valence-corrected chi connectivity index (χ4v) is 2.91. The zero-order valence-corrected chi connectivity index (χ0v) is 13.4. The van der Waals surface area contributed by atoms with Crippen molar-refractivity contribution in [1.29, 1.82) is 0 Å². The van der Waals surface area contributed by atoms with Crippen molar-refractivity contribution in [1.82, 2.24) is 10.2 Å². The van der Waals surface area contributed by atoms with Crippen LogP contribution in [0, 0.1) is 13.8 Å². The molecule has 116 valence electrons. The number of nitrogens with one attached hydrogen (secondary N) is 2. The molecule has 0 aliphatic carbocycles. The first-order chi connectivity index (χ1) is 10.1. The zero-order chi connectivity index (χ0) is 15.2. The number of carbonyl (C=O) groups is 1. The number of nitrogens with zero attached hydrogens (tertiary/aromatic N) is 1. The Hall–Kier alpha value is -1.55. The van der Waals surface area contributed by atoms with E-state index in [9.17, 15) is 4.79 Å². The second-order valence-electron chi connectivity index (χ2n) is 6.03. The lowest BCUT2D eigenvalue weighted by Crippen LogP contribution is -2.46. The Morgan fingerprint density at radius 1 is 1.29 bits per heavy atom. The van der Waals surface area contributed by atoms with Crippen LogP contribution in [0.3, 0.4) is 0 Å². The topological polar surface area (TPSA) is 44.4 Å². The van der Waals surface area contributed by atoms with Crippen molar-refractivity contribution in [2.75, 3.05) is 25.0 Å². The van der Waals surface area contributed by atoms with Crippen molar-refractivity contribution in [3.63, 3.8) is 0 Å². The molecule has 21 heavy (non-hydrogen) atoms. The quantitative estimate of drug-likeness (QED) is 0.893. The summed E-state index contributed by atoms with van der Waals surface area (Å²) >= 11 is 0. The Kier molecular flexibility index (Phi) is 5.62. The van der Waals surface area contributed by atoms with Gasteiger partial charge in [-0.2, -0.15) is 0 Å². The van der Waals surface area contributed by atoms with E-state index in [0.29, 0.717) is 6.04 Å². The van der Waals surface area contributed by atoms with E-state index in [0.717, 1.165) is 37.2 Å². The van der Waals surface area contributed by atoms with Crippen molar-refractivity contribution in [2.24, 2.45) is 0 Å². The van der Waals surface area contributed by atoms with E-state index in [2.05, 4.69) is 35.4 Å². The molecule has 2 amide bonds. The molecule has 0 unspecified atom stereocenters. The average molecular weight is 289 g/mol. The minimum Gasteiger partial charge on any atom is -0.335 e. The molecule has 1 aliphatic heterocycles. The van der Waals surface area contributed by atoms with E-state index < -0.39 is 0 Å². The number of carbonyl (C=O) groups excluding carboxylic acids is 1. The first kappa shape index (κ1) is 15.8. The van der Waals surface area contributed by atoms with Crippen molar-refractivity contribution < 1.29 is 4.79 Å². The van der Waals surface area contributed by atoms with Crippen LogP contribution in [-0.4, -0.2) is 36.6 Å². The fraction of sp³-hybridized carbons (Fsp3) is 0.588. The summed E-state index contributed by atoms with van der Waals surface area (Å²) in [5.74, 6) is 0. The van der Waals surface area contributed by atoms with Crippen LogP contribution in [0.25, 0.3) is 0 Å². The molecule has 2 N–H and O–H groups in total. The van der Waals surface area contributed by atoms with Crippen molar-refractivity contribution in [3.05, 3.63) is 29.3 Å². The highest BCUT2D eigenvalue weighted by atomic mass is 16.2. The second kappa shape index (κ2) is 7.46. The standard InChI is InChI=1S/C17H27N3O/c1-4-9-20-10-7-15(8-11-20)18-17(21)19-16-6-5-13(2)12-14(16)3/h5-6,12,15H,4,7-11H2,1-3H3,(H2,18,19,21). The Bertz CT molecular complexity index is 479. The predicted molar refractivity (Wildman–Crippen MR) is 87.8 cm³/mol. The molecule has 4 heteroatoms. The van der Waals surface area contributed by atoms with Gasteiger partial charge in [-0.3, -0.25) is 0 Å². The summed E-state index contributed by atoms with van der Waals surface area (Å²) in [5, 5.41) is 6.05. The van der Waals surface area contributed by atoms with Crippen LogP contribution in [0.15, 0.2) is 18.2 Å². The maximum absolute atomic E-state index is 12.1.